The standard InChI is InChI=1S/C16H15ClF2O/c1-9-4-5-10(2)12(6-9)16(17)15-13(18)7-11(20-3)8-14(15)19/h4-8,16H,1-3H3. The molecule has 0 heterocycles. The van der Waals surface area contributed by atoms with E-state index in [2.05, 4.69) is 0 Å². The van der Waals surface area contributed by atoms with E-state index >= 15 is 0 Å². The fourth-order valence-corrected chi connectivity index (χ4v) is 2.55. The van der Waals surface area contributed by atoms with Crippen molar-refractivity contribution in [1.29, 1.82) is 0 Å². The summed E-state index contributed by atoms with van der Waals surface area (Å²) in [5, 5.41) is -0.874. The number of methoxy groups -OCH3 is 1. The SMILES string of the molecule is COc1cc(F)c(C(Cl)c2cc(C)ccc2C)c(F)c1. The highest BCUT2D eigenvalue weighted by Crippen LogP contribution is 2.36. The molecule has 106 valence electrons. The maximum Gasteiger partial charge on any atom is 0.134 e. The van der Waals surface area contributed by atoms with Crippen molar-refractivity contribution in [3.8, 4) is 5.75 Å². The minimum absolute atomic E-state index is 0.133. The van der Waals surface area contributed by atoms with Gasteiger partial charge in [-0.25, -0.2) is 8.78 Å². The van der Waals surface area contributed by atoms with Crippen molar-refractivity contribution in [3.05, 3.63) is 64.2 Å². The van der Waals surface area contributed by atoms with Gasteiger partial charge in [-0.3, -0.25) is 0 Å². The Morgan fingerprint density at radius 3 is 2.20 bits per heavy atom. The summed E-state index contributed by atoms with van der Waals surface area (Å²) >= 11 is 6.29. The van der Waals surface area contributed by atoms with Crippen LogP contribution in [-0.2, 0) is 0 Å². The van der Waals surface area contributed by atoms with Crippen LogP contribution in [0.1, 0.15) is 27.6 Å². The van der Waals surface area contributed by atoms with Crippen LogP contribution in [0.4, 0.5) is 8.78 Å². The van der Waals surface area contributed by atoms with Crippen molar-refractivity contribution in [1.82, 2.24) is 0 Å². The van der Waals surface area contributed by atoms with E-state index in [9.17, 15) is 8.78 Å². The van der Waals surface area contributed by atoms with Gasteiger partial charge in [0.2, 0.25) is 0 Å². The second-order valence-corrected chi connectivity index (χ2v) is 5.16. The van der Waals surface area contributed by atoms with E-state index in [0.717, 1.165) is 23.3 Å². The summed E-state index contributed by atoms with van der Waals surface area (Å²) in [5.74, 6) is -1.28. The first-order chi connectivity index (χ1) is 9.43. The number of aryl methyl sites for hydroxylation is 2. The maximum absolute atomic E-state index is 14.1. The minimum atomic E-state index is -0.874. The van der Waals surface area contributed by atoms with Gasteiger partial charge in [-0.2, -0.15) is 0 Å². The summed E-state index contributed by atoms with van der Waals surface area (Å²) < 4.78 is 33.0. The van der Waals surface area contributed by atoms with Crippen LogP contribution in [0.15, 0.2) is 30.3 Å². The number of rotatable bonds is 3. The Bertz CT molecular complexity index is 617. The van der Waals surface area contributed by atoms with Gasteiger partial charge in [-0.15, -0.1) is 11.6 Å². The summed E-state index contributed by atoms with van der Waals surface area (Å²) in [5.41, 5.74) is 2.44. The van der Waals surface area contributed by atoms with Crippen molar-refractivity contribution in [2.45, 2.75) is 19.2 Å². The van der Waals surface area contributed by atoms with Crippen molar-refractivity contribution in [2.24, 2.45) is 0 Å². The molecule has 2 rings (SSSR count). The number of hydrogen-bond acceptors (Lipinski definition) is 1. The van der Waals surface area contributed by atoms with Crippen molar-refractivity contribution in [3.63, 3.8) is 0 Å². The summed E-state index contributed by atoms with van der Waals surface area (Å²) in [6, 6.07) is 7.94. The number of hydrogen-bond donors (Lipinski definition) is 0. The Kier molecular flexibility index (Phi) is 4.29. The lowest BCUT2D eigenvalue weighted by Gasteiger charge is -2.16. The highest BCUT2D eigenvalue weighted by Gasteiger charge is 2.22. The predicted octanol–water partition coefficient (Wildman–Crippen LogP) is 4.92. The van der Waals surface area contributed by atoms with Crippen LogP contribution in [-0.4, -0.2) is 7.11 Å². The fourth-order valence-electron chi connectivity index (χ4n) is 2.11. The molecule has 1 atom stereocenters. The maximum atomic E-state index is 14.1. The van der Waals surface area contributed by atoms with Crippen LogP contribution < -0.4 is 4.74 Å². The van der Waals surface area contributed by atoms with E-state index in [-0.39, 0.29) is 11.3 Å². The van der Waals surface area contributed by atoms with Crippen LogP contribution >= 0.6 is 11.6 Å². The highest BCUT2D eigenvalue weighted by atomic mass is 35.5. The molecule has 0 bridgehead atoms. The molecule has 0 amide bonds. The lowest BCUT2D eigenvalue weighted by Crippen LogP contribution is -2.04. The van der Waals surface area contributed by atoms with E-state index in [1.54, 1.807) is 0 Å². The first-order valence-electron chi connectivity index (χ1n) is 6.18. The molecule has 0 N–H and O–H groups in total. The summed E-state index contributed by atoms with van der Waals surface area (Å²) in [7, 11) is 1.36. The van der Waals surface area contributed by atoms with Crippen LogP contribution in [0.5, 0.6) is 5.75 Å². The molecular formula is C16H15ClF2O. The minimum Gasteiger partial charge on any atom is -0.497 e. The summed E-state index contributed by atoms with van der Waals surface area (Å²) in [4.78, 5) is 0. The number of ether oxygens (including phenoxy) is 1. The molecule has 0 fully saturated rings. The van der Waals surface area contributed by atoms with Gasteiger partial charge in [0.15, 0.2) is 0 Å². The lowest BCUT2D eigenvalue weighted by atomic mass is 9.97. The molecule has 1 unspecified atom stereocenters. The lowest BCUT2D eigenvalue weighted by molar-refractivity contribution is 0.405. The molecule has 4 heteroatoms. The van der Waals surface area contributed by atoms with Gasteiger partial charge in [-0.05, 0) is 25.0 Å². The van der Waals surface area contributed by atoms with Gasteiger partial charge in [0.25, 0.3) is 0 Å². The number of halogens is 3. The molecule has 0 aliphatic heterocycles. The summed E-state index contributed by atoms with van der Waals surface area (Å²) in [6.45, 7) is 3.77. The third kappa shape index (κ3) is 2.78. The van der Waals surface area contributed by atoms with Crippen LogP contribution in [0.3, 0.4) is 0 Å². The van der Waals surface area contributed by atoms with Gasteiger partial charge < -0.3 is 4.74 Å². The Morgan fingerprint density at radius 1 is 1.05 bits per heavy atom. The predicted molar refractivity (Wildman–Crippen MR) is 76.5 cm³/mol. The monoisotopic (exact) mass is 296 g/mol. The first-order valence-corrected chi connectivity index (χ1v) is 6.62. The van der Waals surface area contributed by atoms with Crippen molar-refractivity contribution < 1.29 is 13.5 Å². The van der Waals surface area contributed by atoms with Gasteiger partial charge in [0.1, 0.15) is 17.4 Å². The third-order valence-corrected chi connectivity index (χ3v) is 3.70. The molecule has 0 aromatic heterocycles. The smallest absolute Gasteiger partial charge is 0.134 e. The highest BCUT2D eigenvalue weighted by molar-refractivity contribution is 6.22. The molecule has 0 saturated carbocycles. The topological polar surface area (TPSA) is 9.23 Å². The Hall–Kier alpha value is -1.61. The van der Waals surface area contributed by atoms with Crippen LogP contribution in [0, 0.1) is 25.5 Å². The molecule has 0 saturated heterocycles. The van der Waals surface area contributed by atoms with Crippen LogP contribution in [0.2, 0.25) is 0 Å². The molecule has 0 aliphatic carbocycles. The molecule has 0 radical (unpaired) electrons. The molecule has 0 aliphatic rings. The Labute approximate surface area is 122 Å². The first kappa shape index (κ1) is 14.8. The van der Waals surface area contributed by atoms with E-state index in [1.807, 2.05) is 32.0 Å². The van der Waals surface area contributed by atoms with E-state index < -0.39 is 17.0 Å². The van der Waals surface area contributed by atoms with Crippen molar-refractivity contribution in [2.75, 3.05) is 7.11 Å². The zero-order chi connectivity index (χ0) is 14.9. The number of benzene rings is 2. The zero-order valence-electron chi connectivity index (χ0n) is 11.5. The molecular weight excluding hydrogens is 282 g/mol. The fraction of sp³-hybridized carbons (Fsp3) is 0.250. The van der Waals surface area contributed by atoms with E-state index in [4.69, 9.17) is 16.3 Å². The molecule has 0 spiro atoms. The molecule has 1 nitrogen and oxygen atoms in total. The Morgan fingerprint density at radius 2 is 1.65 bits per heavy atom. The molecule has 2 aromatic rings. The zero-order valence-corrected chi connectivity index (χ0v) is 12.3. The largest absolute Gasteiger partial charge is 0.497 e. The average molecular weight is 297 g/mol. The van der Waals surface area contributed by atoms with E-state index in [1.165, 1.54) is 7.11 Å². The van der Waals surface area contributed by atoms with E-state index in [0.29, 0.717) is 5.56 Å². The van der Waals surface area contributed by atoms with Gasteiger partial charge >= 0.3 is 0 Å². The Balaban J connectivity index is 2.53. The molecule has 2 aromatic carbocycles. The van der Waals surface area contributed by atoms with Crippen molar-refractivity contribution >= 4 is 11.6 Å². The normalized spacial score (nSPS) is 12.3. The second kappa shape index (κ2) is 5.80. The number of alkyl halides is 1. The van der Waals surface area contributed by atoms with Crippen LogP contribution in [0.25, 0.3) is 0 Å². The van der Waals surface area contributed by atoms with Gasteiger partial charge in [0, 0.05) is 17.7 Å². The average Bonchev–Trinajstić information content (AvgIpc) is 2.40. The van der Waals surface area contributed by atoms with Gasteiger partial charge in [0.05, 0.1) is 12.5 Å². The van der Waals surface area contributed by atoms with Gasteiger partial charge in [-0.1, -0.05) is 23.8 Å². The molecule has 20 heavy (non-hydrogen) atoms. The third-order valence-electron chi connectivity index (χ3n) is 3.25. The quantitative estimate of drug-likeness (QED) is 0.731. The summed E-state index contributed by atoms with van der Waals surface area (Å²) in [6.07, 6.45) is 0. The second-order valence-electron chi connectivity index (χ2n) is 4.73.